The third-order valence-electron chi connectivity index (χ3n) is 4.17. The average Bonchev–Trinajstić information content (AvgIpc) is 3.28. The molecule has 4 aromatic rings. The number of aromatic nitrogens is 2. The fraction of sp³-hybridized carbons (Fsp3) is 0.0526. The molecule has 1 N–H and O–H groups in total. The number of nitro benzene ring substituents is 1. The van der Waals surface area contributed by atoms with Gasteiger partial charge in [0.2, 0.25) is 0 Å². The van der Waals surface area contributed by atoms with E-state index in [4.69, 9.17) is 0 Å². The molecule has 0 fully saturated rings. The molecule has 0 radical (unpaired) electrons. The summed E-state index contributed by atoms with van der Waals surface area (Å²) in [7, 11) is 1.95. The second-order valence-electron chi connectivity index (χ2n) is 5.91. The second-order valence-corrected chi connectivity index (χ2v) is 6.99. The highest BCUT2D eigenvalue weighted by molar-refractivity contribution is 7.17. The number of benzene rings is 2. The minimum absolute atomic E-state index is 0.0201. The molecular weight excluding hydrogens is 364 g/mol. The van der Waals surface area contributed by atoms with Crippen LogP contribution in [0.15, 0.2) is 60.7 Å². The Balaban J connectivity index is 1.57. The van der Waals surface area contributed by atoms with Crippen LogP contribution >= 0.6 is 11.3 Å². The average molecular weight is 378 g/mol. The Morgan fingerprint density at radius 1 is 1.11 bits per heavy atom. The Labute approximate surface area is 158 Å². The van der Waals surface area contributed by atoms with Gasteiger partial charge >= 0.3 is 0 Å². The number of nitro groups is 1. The Kier molecular flexibility index (Phi) is 4.17. The molecule has 134 valence electrons. The number of rotatable bonds is 4. The number of anilines is 1. The van der Waals surface area contributed by atoms with Crippen molar-refractivity contribution >= 4 is 39.7 Å². The number of nitrogens with zero attached hydrogens (tertiary/aromatic N) is 3. The quantitative estimate of drug-likeness (QED) is 0.419. The van der Waals surface area contributed by atoms with E-state index in [0.29, 0.717) is 10.6 Å². The number of amides is 1. The van der Waals surface area contributed by atoms with Crippen molar-refractivity contribution in [3.63, 3.8) is 0 Å². The van der Waals surface area contributed by atoms with Crippen LogP contribution in [0.3, 0.4) is 0 Å². The Morgan fingerprint density at radius 3 is 2.56 bits per heavy atom. The number of para-hydroxylation sites is 2. The topological polar surface area (TPSA) is 90.1 Å². The summed E-state index contributed by atoms with van der Waals surface area (Å²) in [6.07, 6.45) is 0. The number of imidazole rings is 1. The Hall–Kier alpha value is -3.52. The molecule has 1 amide bonds. The summed E-state index contributed by atoms with van der Waals surface area (Å²) in [4.78, 5) is 28.8. The molecule has 27 heavy (non-hydrogen) atoms. The lowest BCUT2D eigenvalue weighted by Crippen LogP contribution is -2.09. The maximum absolute atomic E-state index is 12.5. The van der Waals surface area contributed by atoms with E-state index < -0.39 is 4.92 Å². The van der Waals surface area contributed by atoms with Crippen molar-refractivity contribution < 1.29 is 9.72 Å². The van der Waals surface area contributed by atoms with Gasteiger partial charge in [-0.05, 0) is 36.4 Å². The van der Waals surface area contributed by atoms with E-state index in [-0.39, 0.29) is 11.6 Å². The van der Waals surface area contributed by atoms with Crippen molar-refractivity contribution in [3.8, 4) is 10.7 Å². The van der Waals surface area contributed by atoms with Crippen LogP contribution in [0.1, 0.15) is 9.67 Å². The fourth-order valence-electron chi connectivity index (χ4n) is 2.81. The number of hydrogen-bond acceptors (Lipinski definition) is 5. The monoisotopic (exact) mass is 378 g/mol. The molecule has 0 bridgehead atoms. The first kappa shape index (κ1) is 16.9. The van der Waals surface area contributed by atoms with E-state index in [2.05, 4.69) is 10.3 Å². The lowest BCUT2D eigenvalue weighted by Gasteiger charge is -2.03. The maximum Gasteiger partial charge on any atom is 0.269 e. The lowest BCUT2D eigenvalue weighted by atomic mass is 10.3. The number of nitrogens with one attached hydrogen (secondary N) is 1. The lowest BCUT2D eigenvalue weighted by molar-refractivity contribution is -0.384. The number of fused-ring (bicyclic) bond motifs is 1. The number of non-ortho nitro benzene ring substituents is 1. The molecule has 2 heterocycles. The van der Waals surface area contributed by atoms with Gasteiger partial charge in [-0.25, -0.2) is 4.98 Å². The number of carbonyl (C=O) groups excluding carboxylic acids is 1. The van der Waals surface area contributed by atoms with Crippen molar-refractivity contribution in [3.05, 3.63) is 75.7 Å². The summed E-state index contributed by atoms with van der Waals surface area (Å²) >= 11 is 1.35. The molecular formula is C19H14N4O3S. The molecule has 2 aromatic carbocycles. The van der Waals surface area contributed by atoms with E-state index in [1.54, 1.807) is 6.07 Å². The smallest absolute Gasteiger partial charge is 0.269 e. The van der Waals surface area contributed by atoms with Crippen LogP contribution in [0.5, 0.6) is 0 Å². The summed E-state index contributed by atoms with van der Waals surface area (Å²) in [5.41, 5.74) is 2.41. The molecule has 7 nitrogen and oxygen atoms in total. The van der Waals surface area contributed by atoms with E-state index in [1.807, 2.05) is 41.9 Å². The standard InChI is InChI=1S/C19H14N4O3S/c1-22-15-5-3-2-4-14(15)21-18(22)16-10-11-17(27-16)19(24)20-12-6-8-13(9-7-12)23(25)26/h2-11H,1H3,(H,20,24). The molecule has 0 aliphatic carbocycles. The molecule has 0 spiro atoms. The van der Waals surface area contributed by atoms with Gasteiger partial charge in [-0.3, -0.25) is 14.9 Å². The zero-order valence-corrected chi connectivity index (χ0v) is 15.1. The minimum atomic E-state index is -0.478. The summed E-state index contributed by atoms with van der Waals surface area (Å²) in [5, 5.41) is 13.4. The molecule has 2 aromatic heterocycles. The summed E-state index contributed by atoms with van der Waals surface area (Å²) in [6.45, 7) is 0. The third kappa shape index (κ3) is 3.18. The SMILES string of the molecule is Cn1c(-c2ccc(C(=O)Nc3ccc([N+](=O)[O-])cc3)s2)nc2ccccc21. The van der Waals surface area contributed by atoms with Crippen molar-refractivity contribution in [2.75, 3.05) is 5.32 Å². The number of thiophene rings is 1. The van der Waals surface area contributed by atoms with E-state index >= 15 is 0 Å². The summed E-state index contributed by atoms with van der Waals surface area (Å²) < 4.78 is 2.00. The Bertz CT molecular complexity index is 1160. The van der Waals surface area contributed by atoms with Crippen LogP contribution in [-0.4, -0.2) is 20.4 Å². The minimum Gasteiger partial charge on any atom is -0.326 e. The summed E-state index contributed by atoms with van der Waals surface area (Å²) in [6, 6.07) is 17.2. The van der Waals surface area contributed by atoms with Gasteiger partial charge in [0, 0.05) is 24.9 Å². The van der Waals surface area contributed by atoms with Gasteiger partial charge in [0.25, 0.3) is 11.6 Å². The molecule has 8 heteroatoms. The molecule has 0 aliphatic heterocycles. The number of carbonyl (C=O) groups is 1. The highest BCUT2D eigenvalue weighted by atomic mass is 32.1. The maximum atomic E-state index is 12.5. The van der Waals surface area contributed by atoms with Gasteiger partial charge in [-0.1, -0.05) is 12.1 Å². The van der Waals surface area contributed by atoms with Crippen LogP contribution in [0.2, 0.25) is 0 Å². The first-order valence-corrected chi connectivity index (χ1v) is 8.92. The second kappa shape index (κ2) is 6.65. The van der Waals surface area contributed by atoms with Crippen LogP contribution in [0.25, 0.3) is 21.7 Å². The highest BCUT2D eigenvalue weighted by Crippen LogP contribution is 2.30. The predicted molar refractivity (Wildman–Crippen MR) is 105 cm³/mol. The first-order chi connectivity index (χ1) is 13.0. The predicted octanol–water partition coefficient (Wildman–Crippen LogP) is 4.46. The van der Waals surface area contributed by atoms with Gasteiger partial charge in [0.05, 0.1) is 25.7 Å². The van der Waals surface area contributed by atoms with Gasteiger partial charge in [-0.2, -0.15) is 0 Å². The first-order valence-electron chi connectivity index (χ1n) is 8.10. The van der Waals surface area contributed by atoms with Crippen LogP contribution < -0.4 is 5.32 Å². The van der Waals surface area contributed by atoms with Gasteiger partial charge in [0.15, 0.2) is 5.82 Å². The highest BCUT2D eigenvalue weighted by Gasteiger charge is 2.15. The van der Waals surface area contributed by atoms with Crippen LogP contribution in [-0.2, 0) is 7.05 Å². The molecule has 0 saturated heterocycles. The van der Waals surface area contributed by atoms with E-state index in [0.717, 1.165) is 21.7 Å². The number of hydrogen-bond donors (Lipinski definition) is 1. The van der Waals surface area contributed by atoms with Crippen molar-refractivity contribution in [1.29, 1.82) is 0 Å². The van der Waals surface area contributed by atoms with Crippen molar-refractivity contribution in [2.24, 2.45) is 7.05 Å². The fourth-order valence-corrected chi connectivity index (χ4v) is 3.73. The van der Waals surface area contributed by atoms with Gasteiger partial charge < -0.3 is 9.88 Å². The zero-order chi connectivity index (χ0) is 19.0. The molecule has 0 unspecified atom stereocenters. The third-order valence-corrected chi connectivity index (χ3v) is 5.25. The molecule has 0 aliphatic rings. The van der Waals surface area contributed by atoms with Gasteiger partial charge in [-0.15, -0.1) is 11.3 Å². The van der Waals surface area contributed by atoms with E-state index in [9.17, 15) is 14.9 Å². The zero-order valence-electron chi connectivity index (χ0n) is 14.2. The van der Waals surface area contributed by atoms with Crippen LogP contribution in [0, 0.1) is 10.1 Å². The largest absolute Gasteiger partial charge is 0.326 e. The van der Waals surface area contributed by atoms with Crippen molar-refractivity contribution in [2.45, 2.75) is 0 Å². The van der Waals surface area contributed by atoms with Crippen LogP contribution in [0.4, 0.5) is 11.4 Å². The molecule has 0 saturated carbocycles. The molecule has 0 atom stereocenters. The normalized spacial score (nSPS) is 10.9. The number of aryl methyl sites for hydroxylation is 1. The van der Waals surface area contributed by atoms with Gasteiger partial charge in [0.1, 0.15) is 0 Å². The van der Waals surface area contributed by atoms with Crippen molar-refractivity contribution in [1.82, 2.24) is 9.55 Å². The van der Waals surface area contributed by atoms with E-state index in [1.165, 1.54) is 35.6 Å². The summed E-state index contributed by atoms with van der Waals surface area (Å²) in [5.74, 6) is 0.537. The Morgan fingerprint density at radius 2 is 1.85 bits per heavy atom. The molecule has 4 rings (SSSR count).